The fraction of sp³-hybridized carbons (Fsp3) is 0.929. The van der Waals surface area contributed by atoms with E-state index in [1.54, 1.807) is 0 Å². The number of hydrogen-bond acceptors (Lipinski definition) is 3. The zero-order chi connectivity index (χ0) is 14.1. The fourth-order valence-electron chi connectivity index (χ4n) is 2.38. The molecule has 0 radical (unpaired) electrons. The molecular weight excluding hydrogens is 383 g/mol. The van der Waals surface area contributed by atoms with Gasteiger partial charge in [0.15, 0.2) is 5.96 Å². The lowest BCUT2D eigenvalue weighted by molar-refractivity contribution is 0.403. The minimum absolute atomic E-state index is 0. The SMILES string of the molecule is CCNC(=NCCCN(C)C)NC1CCC(SC)C1.I. The summed E-state index contributed by atoms with van der Waals surface area (Å²) in [5, 5.41) is 7.76. The molecule has 20 heavy (non-hydrogen) atoms. The van der Waals surface area contributed by atoms with Crippen molar-refractivity contribution in [3.05, 3.63) is 0 Å². The molecule has 0 aromatic carbocycles. The van der Waals surface area contributed by atoms with E-state index in [0.717, 1.165) is 37.3 Å². The molecule has 0 aliphatic heterocycles. The summed E-state index contributed by atoms with van der Waals surface area (Å²) in [5.74, 6) is 0.994. The van der Waals surface area contributed by atoms with E-state index in [-0.39, 0.29) is 24.0 Å². The highest BCUT2D eigenvalue weighted by Crippen LogP contribution is 2.27. The summed E-state index contributed by atoms with van der Waals surface area (Å²) in [5.41, 5.74) is 0. The zero-order valence-corrected chi connectivity index (χ0v) is 16.5. The van der Waals surface area contributed by atoms with Crippen molar-refractivity contribution in [3.63, 3.8) is 0 Å². The van der Waals surface area contributed by atoms with E-state index in [2.05, 4.69) is 47.8 Å². The van der Waals surface area contributed by atoms with Gasteiger partial charge < -0.3 is 15.5 Å². The molecule has 6 heteroatoms. The van der Waals surface area contributed by atoms with E-state index >= 15 is 0 Å². The highest BCUT2D eigenvalue weighted by atomic mass is 127. The molecule has 0 saturated heterocycles. The highest BCUT2D eigenvalue weighted by molar-refractivity contribution is 14.0. The Balaban J connectivity index is 0.00000361. The normalized spacial score (nSPS) is 22.8. The number of nitrogens with one attached hydrogen (secondary N) is 2. The van der Waals surface area contributed by atoms with Crippen LogP contribution in [-0.4, -0.2) is 62.1 Å². The van der Waals surface area contributed by atoms with Crippen molar-refractivity contribution < 1.29 is 0 Å². The smallest absolute Gasteiger partial charge is 0.191 e. The van der Waals surface area contributed by atoms with Crippen LogP contribution < -0.4 is 10.6 Å². The molecule has 4 nitrogen and oxygen atoms in total. The molecule has 1 saturated carbocycles. The molecule has 1 aliphatic carbocycles. The summed E-state index contributed by atoms with van der Waals surface area (Å²) in [4.78, 5) is 6.87. The van der Waals surface area contributed by atoms with Gasteiger partial charge in [0.1, 0.15) is 0 Å². The van der Waals surface area contributed by atoms with Crippen LogP contribution in [0.2, 0.25) is 0 Å². The highest BCUT2D eigenvalue weighted by Gasteiger charge is 2.24. The zero-order valence-electron chi connectivity index (χ0n) is 13.3. The Labute approximate surface area is 145 Å². The van der Waals surface area contributed by atoms with E-state index < -0.39 is 0 Å². The van der Waals surface area contributed by atoms with Gasteiger partial charge in [-0.15, -0.1) is 24.0 Å². The van der Waals surface area contributed by atoms with Crippen LogP contribution in [0, 0.1) is 0 Å². The summed E-state index contributed by atoms with van der Waals surface area (Å²) in [6.07, 6.45) is 7.20. The van der Waals surface area contributed by atoms with Crippen LogP contribution in [-0.2, 0) is 0 Å². The Morgan fingerprint density at radius 2 is 2.10 bits per heavy atom. The number of rotatable bonds is 7. The van der Waals surface area contributed by atoms with Gasteiger partial charge in [-0.2, -0.15) is 11.8 Å². The van der Waals surface area contributed by atoms with Crippen LogP contribution >= 0.6 is 35.7 Å². The standard InChI is InChI=1S/C14H30N4S.HI/c1-5-15-14(16-9-6-10-18(2)3)17-12-7-8-13(11-12)19-4;/h12-13H,5-11H2,1-4H3,(H2,15,16,17);1H. The number of guanidine groups is 1. The second-order valence-electron chi connectivity index (χ2n) is 5.43. The van der Waals surface area contributed by atoms with Gasteiger partial charge in [-0.1, -0.05) is 0 Å². The first kappa shape index (κ1) is 20.3. The Hall–Kier alpha value is 0.310. The van der Waals surface area contributed by atoms with Gasteiger partial charge in [0.2, 0.25) is 0 Å². The molecule has 1 rings (SSSR count). The lowest BCUT2D eigenvalue weighted by atomic mass is 10.2. The molecule has 120 valence electrons. The van der Waals surface area contributed by atoms with Crippen molar-refractivity contribution in [2.45, 2.75) is 43.9 Å². The van der Waals surface area contributed by atoms with Crippen LogP contribution in [0.4, 0.5) is 0 Å². The molecule has 0 amide bonds. The molecule has 0 bridgehead atoms. The van der Waals surface area contributed by atoms with Crippen LogP contribution in [0.3, 0.4) is 0 Å². The third-order valence-corrected chi connectivity index (χ3v) is 4.53. The maximum atomic E-state index is 4.66. The molecule has 1 aliphatic rings. The minimum Gasteiger partial charge on any atom is -0.357 e. The Kier molecular flexibility index (Phi) is 12.1. The maximum Gasteiger partial charge on any atom is 0.191 e. The summed E-state index contributed by atoms with van der Waals surface area (Å²) < 4.78 is 0. The van der Waals surface area contributed by atoms with E-state index in [1.807, 2.05) is 11.8 Å². The van der Waals surface area contributed by atoms with Crippen LogP contribution in [0.5, 0.6) is 0 Å². The lowest BCUT2D eigenvalue weighted by Crippen LogP contribution is -2.42. The van der Waals surface area contributed by atoms with E-state index in [0.29, 0.717) is 6.04 Å². The van der Waals surface area contributed by atoms with Gasteiger partial charge in [0.25, 0.3) is 0 Å². The molecule has 0 spiro atoms. The largest absolute Gasteiger partial charge is 0.357 e. The van der Waals surface area contributed by atoms with Crippen LogP contribution in [0.1, 0.15) is 32.6 Å². The fourth-order valence-corrected chi connectivity index (χ4v) is 3.17. The molecule has 0 aromatic rings. The Bertz CT molecular complexity index is 274. The van der Waals surface area contributed by atoms with E-state index in [9.17, 15) is 0 Å². The van der Waals surface area contributed by atoms with Crippen molar-refractivity contribution in [2.24, 2.45) is 4.99 Å². The summed E-state index contributed by atoms with van der Waals surface area (Å²) in [6, 6.07) is 0.601. The van der Waals surface area contributed by atoms with Crippen LogP contribution in [0.15, 0.2) is 4.99 Å². The average Bonchev–Trinajstić information content (AvgIpc) is 2.82. The van der Waals surface area contributed by atoms with Gasteiger partial charge in [-0.3, -0.25) is 4.99 Å². The van der Waals surface area contributed by atoms with Crippen molar-refractivity contribution in [3.8, 4) is 0 Å². The van der Waals surface area contributed by atoms with Gasteiger partial charge in [0, 0.05) is 24.4 Å². The predicted molar refractivity (Wildman–Crippen MR) is 103 cm³/mol. The number of nitrogens with zero attached hydrogens (tertiary/aromatic N) is 2. The van der Waals surface area contributed by atoms with Crippen molar-refractivity contribution in [1.29, 1.82) is 0 Å². The monoisotopic (exact) mass is 414 g/mol. The second kappa shape index (κ2) is 11.9. The third kappa shape index (κ3) is 8.56. The van der Waals surface area contributed by atoms with E-state index in [4.69, 9.17) is 0 Å². The summed E-state index contributed by atoms with van der Waals surface area (Å²) >= 11 is 2.00. The van der Waals surface area contributed by atoms with Gasteiger partial charge in [0.05, 0.1) is 0 Å². The number of thioether (sulfide) groups is 1. The Morgan fingerprint density at radius 3 is 2.65 bits per heavy atom. The molecular formula is C14H31IN4S. The molecule has 2 N–H and O–H groups in total. The first-order chi connectivity index (χ1) is 9.15. The third-order valence-electron chi connectivity index (χ3n) is 3.44. The van der Waals surface area contributed by atoms with Crippen LogP contribution in [0.25, 0.3) is 0 Å². The average molecular weight is 414 g/mol. The van der Waals surface area contributed by atoms with Crippen molar-refractivity contribution in [2.75, 3.05) is 40.0 Å². The second-order valence-corrected chi connectivity index (χ2v) is 6.57. The maximum absolute atomic E-state index is 4.66. The number of halogens is 1. The van der Waals surface area contributed by atoms with Crippen molar-refractivity contribution in [1.82, 2.24) is 15.5 Å². The predicted octanol–water partition coefficient (Wildman–Crippen LogP) is 2.40. The minimum atomic E-state index is 0. The van der Waals surface area contributed by atoms with E-state index in [1.165, 1.54) is 19.3 Å². The topological polar surface area (TPSA) is 39.7 Å². The number of aliphatic imine (C=N–C) groups is 1. The van der Waals surface area contributed by atoms with Gasteiger partial charge in [-0.05, 0) is 59.5 Å². The molecule has 2 unspecified atom stereocenters. The molecule has 0 aromatic heterocycles. The number of hydrogen-bond donors (Lipinski definition) is 2. The first-order valence-corrected chi connectivity index (χ1v) is 8.66. The Morgan fingerprint density at radius 1 is 1.35 bits per heavy atom. The molecule has 0 heterocycles. The molecule has 1 fully saturated rings. The van der Waals surface area contributed by atoms with Crippen molar-refractivity contribution >= 4 is 41.7 Å². The van der Waals surface area contributed by atoms with Gasteiger partial charge >= 0.3 is 0 Å². The summed E-state index contributed by atoms with van der Waals surface area (Å²) in [7, 11) is 4.21. The summed E-state index contributed by atoms with van der Waals surface area (Å²) in [6.45, 7) is 5.04. The van der Waals surface area contributed by atoms with Gasteiger partial charge in [-0.25, -0.2) is 0 Å². The lowest BCUT2D eigenvalue weighted by Gasteiger charge is -2.17. The molecule has 2 atom stereocenters. The quantitative estimate of drug-likeness (QED) is 0.291. The first-order valence-electron chi connectivity index (χ1n) is 7.38.